The van der Waals surface area contributed by atoms with Crippen LogP contribution in [0.3, 0.4) is 0 Å². The average Bonchev–Trinajstić information content (AvgIpc) is 3.43. The standard InChI is InChI=1S/C45H44F3NO5/c1-6-7-22-53-32-15-10-29(11-16-32)44(28-8-13-31(50-4)14-9-28)19-18-34-41-40(33-17-12-30(45(46,47)48)25-37(33)43(41,2)3)35-26-38(49-20-23-52-24-21-49)39(51-5)27-36(35)42(34)54-44/h8-19,25-27H,6-7,20-24H2,1-5H3. The van der Waals surface area contributed by atoms with Gasteiger partial charge >= 0.3 is 6.18 Å². The lowest BCUT2D eigenvalue weighted by molar-refractivity contribution is -0.137. The molecule has 3 aliphatic rings. The van der Waals surface area contributed by atoms with Crippen molar-refractivity contribution in [2.45, 2.75) is 50.8 Å². The highest BCUT2D eigenvalue weighted by molar-refractivity contribution is 6.10. The van der Waals surface area contributed by atoms with E-state index in [9.17, 15) is 13.2 Å². The molecular formula is C45H44F3NO5. The Kier molecular flexibility index (Phi) is 9.04. The van der Waals surface area contributed by atoms with E-state index in [1.165, 1.54) is 12.1 Å². The molecule has 1 saturated heterocycles. The van der Waals surface area contributed by atoms with Crippen LogP contribution in [0.2, 0.25) is 0 Å². The van der Waals surface area contributed by atoms with E-state index in [0.29, 0.717) is 50.0 Å². The molecule has 0 saturated carbocycles. The number of fused-ring (bicyclic) bond motifs is 8. The van der Waals surface area contributed by atoms with Crippen molar-refractivity contribution in [1.29, 1.82) is 0 Å². The van der Waals surface area contributed by atoms with Crippen LogP contribution in [0.4, 0.5) is 18.9 Å². The van der Waals surface area contributed by atoms with Gasteiger partial charge in [0.05, 0.1) is 45.3 Å². The van der Waals surface area contributed by atoms with Crippen LogP contribution in [-0.2, 0) is 21.9 Å². The monoisotopic (exact) mass is 735 g/mol. The highest BCUT2D eigenvalue weighted by Gasteiger charge is 2.46. The molecule has 0 amide bonds. The Balaban J connectivity index is 1.39. The number of anilines is 1. The summed E-state index contributed by atoms with van der Waals surface area (Å²) in [6.45, 7) is 9.32. The summed E-state index contributed by atoms with van der Waals surface area (Å²) in [5.41, 5.74) is 4.24. The highest BCUT2D eigenvalue weighted by Crippen LogP contribution is 2.59. The van der Waals surface area contributed by atoms with E-state index in [1.54, 1.807) is 20.3 Å². The van der Waals surface area contributed by atoms with Crippen LogP contribution in [0.1, 0.15) is 67.0 Å². The second-order valence-corrected chi connectivity index (χ2v) is 14.7. The topological polar surface area (TPSA) is 49.4 Å². The lowest BCUT2D eigenvalue weighted by atomic mass is 9.76. The molecule has 1 unspecified atom stereocenters. The van der Waals surface area contributed by atoms with Gasteiger partial charge in [-0.25, -0.2) is 0 Å². The van der Waals surface area contributed by atoms with E-state index in [2.05, 4.69) is 30.0 Å². The number of hydrogen-bond donors (Lipinski definition) is 0. The van der Waals surface area contributed by atoms with Gasteiger partial charge in [-0.1, -0.05) is 63.6 Å². The molecule has 2 heterocycles. The first-order chi connectivity index (χ1) is 26.0. The van der Waals surface area contributed by atoms with Crippen LogP contribution in [0.15, 0.2) is 84.9 Å². The SMILES string of the molecule is CCCCOc1ccc(C2(c3ccc(OC)cc3)C=Cc3c4c(c5cc(N6CCOCC6)c(OC)cc5c3O2)-c2ccc(C(F)(F)F)cc2C4(C)C)cc1. The predicted molar refractivity (Wildman–Crippen MR) is 206 cm³/mol. The summed E-state index contributed by atoms with van der Waals surface area (Å²) in [5, 5.41) is 1.69. The van der Waals surface area contributed by atoms with Gasteiger partial charge in [0.15, 0.2) is 5.60 Å². The van der Waals surface area contributed by atoms with Crippen molar-refractivity contribution < 1.29 is 36.9 Å². The molecule has 8 rings (SSSR count). The number of morpholine rings is 1. The first-order valence-electron chi connectivity index (χ1n) is 18.5. The van der Waals surface area contributed by atoms with E-state index < -0.39 is 22.8 Å². The summed E-state index contributed by atoms with van der Waals surface area (Å²) >= 11 is 0. The zero-order valence-corrected chi connectivity index (χ0v) is 31.2. The molecule has 5 aromatic carbocycles. The highest BCUT2D eigenvalue weighted by atomic mass is 19.4. The van der Waals surface area contributed by atoms with E-state index in [0.717, 1.165) is 74.2 Å². The zero-order chi connectivity index (χ0) is 37.8. The van der Waals surface area contributed by atoms with E-state index in [4.69, 9.17) is 23.7 Å². The molecule has 0 spiro atoms. The van der Waals surface area contributed by atoms with Crippen LogP contribution >= 0.6 is 0 Å². The molecule has 9 heteroatoms. The van der Waals surface area contributed by atoms with E-state index in [-0.39, 0.29) is 0 Å². The van der Waals surface area contributed by atoms with Crippen LogP contribution in [-0.4, -0.2) is 47.1 Å². The molecule has 1 atom stereocenters. The zero-order valence-electron chi connectivity index (χ0n) is 31.2. The third-order valence-corrected chi connectivity index (χ3v) is 11.2. The maximum absolute atomic E-state index is 14.2. The van der Waals surface area contributed by atoms with Crippen molar-refractivity contribution in [2.24, 2.45) is 0 Å². The summed E-state index contributed by atoms with van der Waals surface area (Å²) in [7, 11) is 3.30. The first kappa shape index (κ1) is 35.9. The second-order valence-electron chi connectivity index (χ2n) is 14.7. The largest absolute Gasteiger partial charge is 0.497 e. The minimum Gasteiger partial charge on any atom is -0.497 e. The minimum atomic E-state index is -4.48. The summed E-state index contributed by atoms with van der Waals surface area (Å²) in [4.78, 5) is 2.24. The quantitative estimate of drug-likeness (QED) is 0.141. The van der Waals surface area contributed by atoms with Crippen molar-refractivity contribution in [3.63, 3.8) is 0 Å². The second kappa shape index (κ2) is 13.6. The van der Waals surface area contributed by atoms with Crippen LogP contribution in [0.5, 0.6) is 23.0 Å². The molecule has 0 radical (unpaired) electrons. The molecule has 1 fully saturated rings. The van der Waals surface area contributed by atoms with Gasteiger partial charge in [0.1, 0.15) is 23.0 Å². The molecule has 0 aromatic heterocycles. The average molecular weight is 736 g/mol. The van der Waals surface area contributed by atoms with Crippen molar-refractivity contribution in [3.05, 3.63) is 118 Å². The van der Waals surface area contributed by atoms with Gasteiger partial charge in [-0.3, -0.25) is 0 Å². The summed E-state index contributed by atoms with van der Waals surface area (Å²) in [5.74, 6) is 2.81. The van der Waals surface area contributed by atoms with Gasteiger partial charge in [0.2, 0.25) is 0 Å². The Morgan fingerprint density at radius 2 is 1.50 bits per heavy atom. The van der Waals surface area contributed by atoms with Gasteiger partial charge in [0, 0.05) is 40.6 Å². The van der Waals surface area contributed by atoms with Crippen molar-refractivity contribution in [3.8, 4) is 34.1 Å². The number of hydrogen-bond acceptors (Lipinski definition) is 6. The number of alkyl halides is 3. The molecule has 2 aliphatic heterocycles. The molecule has 54 heavy (non-hydrogen) atoms. The lowest BCUT2D eigenvalue weighted by Gasteiger charge is -2.39. The Labute approximate surface area is 314 Å². The Hall–Kier alpha value is -5.15. The maximum Gasteiger partial charge on any atom is 0.416 e. The Bertz CT molecular complexity index is 2240. The number of benzene rings is 5. The first-order valence-corrected chi connectivity index (χ1v) is 18.5. The molecule has 0 bridgehead atoms. The van der Waals surface area contributed by atoms with Crippen LogP contribution in [0, 0.1) is 0 Å². The number of halogens is 3. The van der Waals surface area contributed by atoms with E-state index >= 15 is 0 Å². The molecule has 280 valence electrons. The van der Waals surface area contributed by atoms with Gasteiger partial charge in [-0.05, 0) is 88.7 Å². The number of methoxy groups -OCH3 is 2. The number of rotatable bonds is 9. The third-order valence-electron chi connectivity index (χ3n) is 11.2. The fraction of sp³-hybridized carbons (Fsp3) is 0.333. The van der Waals surface area contributed by atoms with Crippen LogP contribution < -0.4 is 23.8 Å². The summed E-state index contributed by atoms with van der Waals surface area (Å²) < 4.78 is 73.3. The molecular weight excluding hydrogens is 691 g/mol. The molecule has 6 nitrogen and oxygen atoms in total. The van der Waals surface area contributed by atoms with Gasteiger partial charge in [0.25, 0.3) is 0 Å². The molecule has 1 aliphatic carbocycles. The number of unbranched alkanes of at least 4 members (excludes halogenated alkanes) is 1. The normalized spacial score (nSPS) is 18.5. The maximum atomic E-state index is 14.2. The smallest absolute Gasteiger partial charge is 0.416 e. The minimum absolute atomic E-state index is 0.584. The van der Waals surface area contributed by atoms with Crippen molar-refractivity contribution in [2.75, 3.05) is 52.0 Å². The predicted octanol–water partition coefficient (Wildman–Crippen LogP) is 10.5. The van der Waals surface area contributed by atoms with Gasteiger partial charge in [-0.2, -0.15) is 13.2 Å². The number of ether oxygens (including phenoxy) is 5. The van der Waals surface area contributed by atoms with Gasteiger partial charge < -0.3 is 28.6 Å². The van der Waals surface area contributed by atoms with Crippen molar-refractivity contribution >= 4 is 22.5 Å². The van der Waals surface area contributed by atoms with Crippen molar-refractivity contribution in [1.82, 2.24) is 0 Å². The summed E-state index contributed by atoms with van der Waals surface area (Å²) in [6, 6.07) is 24.2. The molecule has 0 N–H and O–H groups in total. The Morgan fingerprint density at radius 1 is 0.815 bits per heavy atom. The Morgan fingerprint density at radius 3 is 2.13 bits per heavy atom. The summed E-state index contributed by atoms with van der Waals surface area (Å²) in [6.07, 6.45) is 1.68. The third kappa shape index (κ3) is 5.84. The fourth-order valence-corrected chi connectivity index (χ4v) is 8.34. The number of nitrogens with zero attached hydrogens (tertiary/aromatic N) is 1. The van der Waals surface area contributed by atoms with Crippen LogP contribution in [0.25, 0.3) is 28.0 Å². The fourth-order valence-electron chi connectivity index (χ4n) is 8.34. The van der Waals surface area contributed by atoms with E-state index in [1.807, 2.05) is 68.4 Å². The molecule has 5 aromatic rings. The van der Waals surface area contributed by atoms with Gasteiger partial charge in [-0.15, -0.1) is 0 Å². The lowest BCUT2D eigenvalue weighted by Crippen LogP contribution is -2.36.